The van der Waals surface area contributed by atoms with Crippen LogP contribution in [0.1, 0.15) is 25.0 Å². The second-order valence-electron chi connectivity index (χ2n) is 10.3. The third-order valence-electron chi connectivity index (χ3n) is 7.05. The van der Waals surface area contributed by atoms with E-state index in [2.05, 4.69) is 84.3 Å². The first kappa shape index (κ1) is 24.6. The highest BCUT2D eigenvalue weighted by Gasteiger charge is 2.21. The Labute approximate surface area is 228 Å². The van der Waals surface area contributed by atoms with Crippen molar-refractivity contribution in [2.45, 2.75) is 33.8 Å². The van der Waals surface area contributed by atoms with E-state index in [4.69, 9.17) is 20.7 Å². The molecule has 5 aromatic carbocycles. The summed E-state index contributed by atoms with van der Waals surface area (Å²) in [7, 11) is 0. The largest absolute Gasteiger partial charge is 0.489 e. The van der Waals surface area contributed by atoms with Crippen molar-refractivity contribution in [3.63, 3.8) is 0 Å². The average molecular weight is 512 g/mol. The lowest BCUT2D eigenvalue weighted by molar-refractivity contribution is -0.537. The van der Waals surface area contributed by atoms with Crippen LogP contribution in [0.4, 0.5) is 17.1 Å². The summed E-state index contributed by atoms with van der Waals surface area (Å²) in [4.78, 5) is 0. The molecule has 6 rings (SSSR count). The number of hydrogen-bond donors (Lipinski definition) is 1. The van der Waals surface area contributed by atoms with Crippen molar-refractivity contribution in [2.75, 3.05) is 5.73 Å². The first-order valence-electron chi connectivity index (χ1n) is 13.2. The van der Waals surface area contributed by atoms with E-state index in [1.807, 2.05) is 45.0 Å². The van der Waals surface area contributed by atoms with E-state index in [-0.39, 0.29) is 6.10 Å². The van der Waals surface area contributed by atoms with Crippen LogP contribution in [0.15, 0.2) is 107 Å². The molecule has 192 valence electrons. The molecule has 39 heavy (non-hydrogen) atoms. The SMILES string of the molecule is Cc1cc2cc3cc(C)c(N=Nc4c(OC(C)C)ccc5ccccc45)cc3[n+](-c3ccccc3)c2cc1N. The zero-order valence-electron chi connectivity index (χ0n) is 22.6. The van der Waals surface area contributed by atoms with E-state index in [1.54, 1.807) is 0 Å². The maximum atomic E-state index is 6.38. The second-order valence-corrected chi connectivity index (χ2v) is 10.3. The van der Waals surface area contributed by atoms with Gasteiger partial charge in [-0.2, -0.15) is 4.57 Å². The van der Waals surface area contributed by atoms with Gasteiger partial charge in [0, 0.05) is 46.1 Å². The smallest absolute Gasteiger partial charge is 0.221 e. The van der Waals surface area contributed by atoms with Crippen molar-refractivity contribution in [3.8, 4) is 11.4 Å². The van der Waals surface area contributed by atoms with Gasteiger partial charge in [0.25, 0.3) is 0 Å². The predicted molar refractivity (Wildman–Crippen MR) is 161 cm³/mol. The number of aryl methyl sites for hydroxylation is 2. The molecule has 0 amide bonds. The number of benzene rings is 5. The maximum absolute atomic E-state index is 6.38. The fourth-order valence-corrected chi connectivity index (χ4v) is 5.11. The van der Waals surface area contributed by atoms with Gasteiger partial charge in [-0.15, -0.1) is 10.2 Å². The molecule has 0 fully saturated rings. The number of rotatable bonds is 5. The molecule has 0 aliphatic carbocycles. The summed E-state index contributed by atoms with van der Waals surface area (Å²) in [5.74, 6) is 0.724. The van der Waals surface area contributed by atoms with Gasteiger partial charge in [0.1, 0.15) is 11.4 Å². The summed E-state index contributed by atoms with van der Waals surface area (Å²) >= 11 is 0. The van der Waals surface area contributed by atoms with E-state index < -0.39 is 0 Å². The van der Waals surface area contributed by atoms with Crippen LogP contribution in [0, 0.1) is 13.8 Å². The molecule has 0 saturated heterocycles. The number of pyridine rings is 1. The van der Waals surface area contributed by atoms with Crippen molar-refractivity contribution in [1.29, 1.82) is 0 Å². The van der Waals surface area contributed by atoms with E-state index in [0.717, 1.165) is 72.2 Å². The van der Waals surface area contributed by atoms with Crippen molar-refractivity contribution in [1.82, 2.24) is 0 Å². The summed E-state index contributed by atoms with van der Waals surface area (Å²) in [6.45, 7) is 8.16. The molecule has 0 atom stereocenters. The Kier molecular flexibility index (Phi) is 6.20. The van der Waals surface area contributed by atoms with Crippen LogP contribution in [0.3, 0.4) is 0 Å². The van der Waals surface area contributed by atoms with Gasteiger partial charge in [-0.05, 0) is 68.5 Å². The number of nitrogens with zero attached hydrogens (tertiary/aromatic N) is 3. The van der Waals surface area contributed by atoms with Gasteiger partial charge in [0.05, 0.1) is 11.8 Å². The lowest BCUT2D eigenvalue weighted by Gasteiger charge is -2.13. The summed E-state index contributed by atoms with van der Waals surface area (Å²) in [5, 5.41) is 14.0. The molecule has 5 nitrogen and oxygen atoms in total. The average Bonchev–Trinajstić information content (AvgIpc) is 2.92. The number of para-hydroxylation sites is 1. The zero-order valence-corrected chi connectivity index (χ0v) is 22.6. The Balaban J connectivity index is 1.59. The standard InChI is InChI=1S/C34H30N4O/c1-21(2)39-33-15-14-24-10-8-9-13-28(24)34(33)37-36-30-20-32-26(17-23(30)4)18-25-16-22(3)29(35)19-31(25)38(32)27-11-6-5-7-12-27/h5-21,35H,1-4H3/p+1. The lowest BCUT2D eigenvalue weighted by atomic mass is 10.0. The van der Waals surface area contributed by atoms with Crippen LogP contribution < -0.4 is 15.0 Å². The summed E-state index contributed by atoms with van der Waals surface area (Å²) in [6, 6.07) is 33.3. The Bertz CT molecular complexity index is 1890. The minimum atomic E-state index is 0.0247. The Morgan fingerprint density at radius 3 is 2.15 bits per heavy atom. The first-order valence-corrected chi connectivity index (χ1v) is 13.2. The maximum Gasteiger partial charge on any atom is 0.221 e. The Morgan fingerprint density at radius 1 is 0.692 bits per heavy atom. The fourth-order valence-electron chi connectivity index (χ4n) is 5.11. The number of nitrogen functional groups attached to an aromatic ring is 1. The number of fused-ring (bicyclic) bond motifs is 3. The van der Waals surface area contributed by atoms with Gasteiger partial charge >= 0.3 is 0 Å². The molecule has 6 aromatic rings. The lowest BCUT2D eigenvalue weighted by Crippen LogP contribution is -2.32. The number of azo groups is 1. The van der Waals surface area contributed by atoms with E-state index in [1.165, 1.54) is 0 Å². The normalized spacial score (nSPS) is 11.8. The Hall–Kier alpha value is -4.77. The third kappa shape index (κ3) is 4.57. The number of ether oxygens (including phenoxy) is 1. The molecule has 0 radical (unpaired) electrons. The highest BCUT2D eigenvalue weighted by atomic mass is 16.5. The predicted octanol–water partition coefficient (Wildman–Crippen LogP) is 8.82. The summed E-state index contributed by atoms with van der Waals surface area (Å²) in [5.41, 5.74) is 13.9. The summed E-state index contributed by atoms with van der Waals surface area (Å²) < 4.78 is 8.37. The second kappa shape index (κ2) is 9.84. The molecule has 5 heteroatoms. The number of anilines is 1. The monoisotopic (exact) mass is 511 g/mol. The molecule has 0 aliphatic heterocycles. The number of aromatic nitrogens is 1. The highest BCUT2D eigenvalue weighted by molar-refractivity contribution is 5.96. The molecule has 1 heterocycles. The molecular formula is C34H31N4O+. The van der Waals surface area contributed by atoms with Gasteiger partial charge in [0.15, 0.2) is 0 Å². The summed E-state index contributed by atoms with van der Waals surface area (Å²) in [6.07, 6.45) is 0.0247. The molecule has 2 N–H and O–H groups in total. The van der Waals surface area contributed by atoms with Crippen LogP contribution in [-0.2, 0) is 0 Å². The van der Waals surface area contributed by atoms with Crippen molar-refractivity contribution in [3.05, 3.63) is 108 Å². The molecule has 0 saturated carbocycles. The minimum Gasteiger partial charge on any atom is -0.489 e. The third-order valence-corrected chi connectivity index (χ3v) is 7.05. The quantitative estimate of drug-likeness (QED) is 0.109. The minimum absolute atomic E-state index is 0.0247. The zero-order chi connectivity index (χ0) is 27.1. The van der Waals surface area contributed by atoms with Gasteiger partial charge in [-0.1, -0.05) is 48.5 Å². The van der Waals surface area contributed by atoms with E-state index in [9.17, 15) is 0 Å². The van der Waals surface area contributed by atoms with E-state index in [0.29, 0.717) is 0 Å². The van der Waals surface area contributed by atoms with Crippen LogP contribution >= 0.6 is 0 Å². The van der Waals surface area contributed by atoms with Crippen LogP contribution in [-0.4, -0.2) is 6.10 Å². The topological polar surface area (TPSA) is 63.9 Å². The van der Waals surface area contributed by atoms with Crippen LogP contribution in [0.2, 0.25) is 0 Å². The van der Waals surface area contributed by atoms with Crippen molar-refractivity contribution in [2.24, 2.45) is 10.2 Å². The van der Waals surface area contributed by atoms with Gasteiger partial charge in [-0.3, -0.25) is 0 Å². The Morgan fingerprint density at radius 2 is 1.38 bits per heavy atom. The van der Waals surface area contributed by atoms with Crippen LogP contribution in [0.25, 0.3) is 38.3 Å². The molecule has 0 aliphatic rings. The number of nitrogens with two attached hydrogens (primary N) is 1. The molecule has 1 aromatic heterocycles. The molecule has 0 unspecified atom stereocenters. The van der Waals surface area contributed by atoms with Gasteiger partial charge in [-0.25, -0.2) is 0 Å². The van der Waals surface area contributed by atoms with Gasteiger partial charge in [0.2, 0.25) is 16.7 Å². The molecular weight excluding hydrogens is 480 g/mol. The highest BCUT2D eigenvalue weighted by Crippen LogP contribution is 2.38. The van der Waals surface area contributed by atoms with Crippen LogP contribution in [0.5, 0.6) is 5.75 Å². The van der Waals surface area contributed by atoms with Gasteiger partial charge < -0.3 is 10.5 Å². The van der Waals surface area contributed by atoms with Crippen molar-refractivity contribution >= 4 is 49.6 Å². The fraction of sp³-hybridized carbons (Fsp3) is 0.147. The molecule has 0 spiro atoms. The number of hydrogen-bond acceptors (Lipinski definition) is 4. The molecule has 0 bridgehead atoms. The van der Waals surface area contributed by atoms with E-state index >= 15 is 0 Å². The first-order chi connectivity index (χ1) is 18.9. The van der Waals surface area contributed by atoms with Crippen molar-refractivity contribution < 1.29 is 9.30 Å².